The van der Waals surface area contributed by atoms with E-state index in [0.29, 0.717) is 23.9 Å². The summed E-state index contributed by atoms with van der Waals surface area (Å²) >= 11 is 0. The summed E-state index contributed by atoms with van der Waals surface area (Å²) in [7, 11) is 0. The summed E-state index contributed by atoms with van der Waals surface area (Å²) in [6, 6.07) is 17.4. The number of carbonyl (C=O) groups is 1. The van der Waals surface area contributed by atoms with Crippen molar-refractivity contribution in [1.82, 2.24) is 15.1 Å². The van der Waals surface area contributed by atoms with Gasteiger partial charge in [-0.05, 0) is 67.6 Å². The minimum atomic E-state index is 0.0341. The number of hydrogen-bond donors (Lipinski definition) is 2. The van der Waals surface area contributed by atoms with Crippen LogP contribution in [0.5, 0.6) is 5.75 Å². The van der Waals surface area contributed by atoms with E-state index in [1.807, 2.05) is 24.3 Å². The van der Waals surface area contributed by atoms with Crippen LogP contribution in [0, 0.1) is 0 Å². The zero-order valence-corrected chi connectivity index (χ0v) is 19.0. The Morgan fingerprint density at radius 1 is 1.06 bits per heavy atom. The van der Waals surface area contributed by atoms with Crippen molar-refractivity contribution in [3.05, 3.63) is 65.2 Å². The van der Waals surface area contributed by atoms with Crippen molar-refractivity contribution >= 4 is 5.91 Å². The molecule has 2 bridgehead atoms. The highest BCUT2D eigenvalue weighted by Crippen LogP contribution is 2.39. The van der Waals surface area contributed by atoms with Gasteiger partial charge in [-0.15, -0.1) is 0 Å². The first kappa shape index (κ1) is 21.5. The Labute approximate surface area is 191 Å². The first-order valence-corrected chi connectivity index (χ1v) is 12.3. The van der Waals surface area contributed by atoms with Crippen LogP contribution < -0.4 is 5.32 Å². The van der Waals surface area contributed by atoms with Crippen molar-refractivity contribution in [1.29, 1.82) is 0 Å². The predicted molar refractivity (Wildman–Crippen MR) is 127 cm³/mol. The highest BCUT2D eigenvalue weighted by Gasteiger charge is 2.45. The molecule has 2 aromatic rings. The summed E-state index contributed by atoms with van der Waals surface area (Å²) in [4.78, 5) is 17.9. The van der Waals surface area contributed by atoms with E-state index in [1.54, 1.807) is 6.07 Å². The van der Waals surface area contributed by atoms with Crippen LogP contribution in [0.15, 0.2) is 48.5 Å². The molecule has 2 N–H and O–H groups in total. The molecule has 1 aliphatic carbocycles. The summed E-state index contributed by atoms with van der Waals surface area (Å²) in [5.41, 5.74) is 3.01. The van der Waals surface area contributed by atoms with Crippen LogP contribution in [0.4, 0.5) is 0 Å². The fraction of sp³-hybridized carbons (Fsp3) is 0.519. The van der Waals surface area contributed by atoms with Gasteiger partial charge in [0.05, 0.1) is 6.04 Å². The molecular formula is C27H35N3O2. The number of carbonyl (C=O) groups excluding carboxylic acids is 1. The Morgan fingerprint density at radius 2 is 1.78 bits per heavy atom. The first-order chi connectivity index (χ1) is 15.6. The van der Waals surface area contributed by atoms with E-state index in [-0.39, 0.29) is 11.9 Å². The van der Waals surface area contributed by atoms with Gasteiger partial charge in [-0.25, -0.2) is 0 Å². The number of phenolic OH excluding ortho intramolecular Hbond substituents is 1. The molecule has 3 atom stereocenters. The maximum atomic E-state index is 12.7. The number of rotatable bonds is 7. The topological polar surface area (TPSA) is 55.8 Å². The average Bonchev–Trinajstić information content (AvgIpc) is 3.31. The Kier molecular flexibility index (Phi) is 6.20. The average molecular weight is 434 g/mol. The summed E-state index contributed by atoms with van der Waals surface area (Å²) in [5, 5.41) is 13.3. The van der Waals surface area contributed by atoms with Gasteiger partial charge in [0.15, 0.2) is 0 Å². The number of piperazine rings is 1. The molecule has 2 aromatic carbocycles. The van der Waals surface area contributed by atoms with Gasteiger partial charge in [0.1, 0.15) is 5.75 Å². The SMILES string of the molecule is CCCN1C2CC1CN(C(c1ccc(C(=O)NC3CCCC3)cc1)c1cccc(O)c1)C2. The molecule has 5 heteroatoms. The molecule has 0 radical (unpaired) electrons. The molecule has 1 saturated carbocycles. The van der Waals surface area contributed by atoms with E-state index < -0.39 is 0 Å². The number of piperidine rings is 1. The summed E-state index contributed by atoms with van der Waals surface area (Å²) in [6.07, 6.45) is 7.11. The van der Waals surface area contributed by atoms with Crippen molar-refractivity contribution in [2.75, 3.05) is 19.6 Å². The molecule has 4 aliphatic rings. The molecule has 170 valence electrons. The van der Waals surface area contributed by atoms with Crippen LogP contribution in [0.1, 0.15) is 73.0 Å². The second kappa shape index (κ2) is 9.24. The molecule has 6 rings (SSSR count). The first-order valence-electron chi connectivity index (χ1n) is 12.3. The lowest BCUT2D eigenvalue weighted by molar-refractivity contribution is -0.0776. The Hall–Kier alpha value is -2.37. The number of benzene rings is 2. The molecule has 5 nitrogen and oxygen atoms in total. The van der Waals surface area contributed by atoms with Crippen LogP contribution >= 0.6 is 0 Å². The van der Waals surface area contributed by atoms with Crippen molar-refractivity contribution in [2.45, 2.75) is 69.6 Å². The lowest BCUT2D eigenvalue weighted by Gasteiger charge is -2.58. The number of phenols is 1. The number of nitrogens with one attached hydrogen (secondary N) is 1. The highest BCUT2D eigenvalue weighted by atomic mass is 16.3. The van der Waals surface area contributed by atoms with Gasteiger partial charge in [0, 0.05) is 36.8 Å². The highest BCUT2D eigenvalue weighted by molar-refractivity contribution is 5.94. The van der Waals surface area contributed by atoms with Gasteiger partial charge in [-0.1, -0.05) is 44.0 Å². The smallest absolute Gasteiger partial charge is 0.251 e. The van der Waals surface area contributed by atoms with E-state index >= 15 is 0 Å². The third-order valence-corrected chi connectivity index (χ3v) is 7.58. The Bertz CT molecular complexity index is 926. The molecule has 3 heterocycles. The van der Waals surface area contributed by atoms with Crippen LogP contribution in [0.25, 0.3) is 0 Å². The third kappa shape index (κ3) is 4.28. The number of nitrogens with zero attached hydrogens (tertiary/aromatic N) is 2. The van der Waals surface area contributed by atoms with Gasteiger partial charge >= 0.3 is 0 Å². The molecule has 32 heavy (non-hydrogen) atoms. The largest absolute Gasteiger partial charge is 0.508 e. The molecule has 3 saturated heterocycles. The Morgan fingerprint density at radius 3 is 2.44 bits per heavy atom. The fourth-order valence-electron chi connectivity index (χ4n) is 6.02. The van der Waals surface area contributed by atoms with Gasteiger partial charge in [-0.2, -0.15) is 0 Å². The van der Waals surface area contributed by atoms with Crippen molar-refractivity contribution in [3.8, 4) is 5.75 Å². The molecule has 1 amide bonds. The van der Waals surface area contributed by atoms with Crippen LogP contribution in [-0.2, 0) is 0 Å². The maximum Gasteiger partial charge on any atom is 0.251 e. The fourth-order valence-corrected chi connectivity index (χ4v) is 6.02. The second-order valence-electron chi connectivity index (χ2n) is 9.81. The molecule has 0 spiro atoms. The van der Waals surface area contributed by atoms with Crippen LogP contribution in [0.2, 0.25) is 0 Å². The minimum absolute atomic E-state index is 0.0341. The molecule has 3 aliphatic heterocycles. The summed E-state index contributed by atoms with van der Waals surface area (Å²) in [5.74, 6) is 0.335. The number of amides is 1. The van der Waals surface area contributed by atoms with Crippen molar-refractivity contribution < 1.29 is 9.90 Å². The van der Waals surface area contributed by atoms with Gasteiger partial charge in [0.25, 0.3) is 5.91 Å². The van der Waals surface area contributed by atoms with Crippen LogP contribution in [0.3, 0.4) is 0 Å². The molecule has 4 fully saturated rings. The lowest BCUT2D eigenvalue weighted by Crippen LogP contribution is -2.68. The standard InChI is InChI=1S/C27H35N3O2/c1-2-14-30-23-16-24(30)18-29(17-23)26(21-6-5-9-25(31)15-21)19-10-12-20(13-11-19)27(32)28-22-7-3-4-8-22/h5-6,9-13,15,22-24,26,31H,2-4,7-8,14,16-18H2,1H3,(H,28,32). The number of fused-ring (bicyclic) bond motifs is 2. The molecular weight excluding hydrogens is 398 g/mol. The minimum Gasteiger partial charge on any atom is -0.508 e. The van der Waals surface area contributed by atoms with Crippen LogP contribution in [-0.4, -0.2) is 58.6 Å². The summed E-state index contributed by atoms with van der Waals surface area (Å²) < 4.78 is 0. The number of aromatic hydroxyl groups is 1. The zero-order valence-electron chi connectivity index (χ0n) is 19.0. The third-order valence-electron chi connectivity index (χ3n) is 7.58. The van der Waals surface area contributed by atoms with Gasteiger partial charge in [0.2, 0.25) is 0 Å². The second-order valence-corrected chi connectivity index (χ2v) is 9.81. The van der Waals surface area contributed by atoms with E-state index in [9.17, 15) is 9.90 Å². The quantitative estimate of drug-likeness (QED) is 0.683. The van der Waals surface area contributed by atoms with Crippen molar-refractivity contribution in [2.24, 2.45) is 0 Å². The monoisotopic (exact) mass is 433 g/mol. The molecule has 3 unspecified atom stereocenters. The zero-order chi connectivity index (χ0) is 22.1. The van der Waals surface area contributed by atoms with E-state index in [1.165, 1.54) is 37.8 Å². The van der Waals surface area contributed by atoms with E-state index in [0.717, 1.165) is 37.1 Å². The van der Waals surface area contributed by atoms with Gasteiger partial charge in [-0.3, -0.25) is 14.6 Å². The van der Waals surface area contributed by atoms with E-state index in [4.69, 9.17) is 0 Å². The predicted octanol–water partition coefficient (Wildman–Crippen LogP) is 4.32. The lowest BCUT2D eigenvalue weighted by atomic mass is 9.84. The number of hydrogen-bond acceptors (Lipinski definition) is 4. The van der Waals surface area contributed by atoms with Gasteiger partial charge < -0.3 is 10.4 Å². The normalized spacial score (nSPS) is 24.8. The summed E-state index contributed by atoms with van der Waals surface area (Å²) in [6.45, 7) is 5.53. The van der Waals surface area contributed by atoms with Crippen molar-refractivity contribution in [3.63, 3.8) is 0 Å². The maximum absolute atomic E-state index is 12.7. The molecule has 0 aromatic heterocycles. The van der Waals surface area contributed by atoms with E-state index in [2.05, 4.69) is 40.2 Å². The Balaban J connectivity index is 1.37.